The first-order valence-electron chi connectivity index (χ1n) is 9.05. The normalized spacial score (nSPS) is 11.3. The predicted molar refractivity (Wildman–Crippen MR) is 120 cm³/mol. The van der Waals surface area contributed by atoms with Crippen molar-refractivity contribution in [3.63, 3.8) is 0 Å². The van der Waals surface area contributed by atoms with Gasteiger partial charge in [0.2, 0.25) is 5.91 Å². The van der Waals surface area contributed by atoms with E-state index in [9.17, 15) is 4.79 Å². The standard InChI is InChI=1S/C21H18Cl2N4OS/c1-12-4-3-5-17-13(2)8-18-25-26-21(27(18)20(12)17)29-7-6-19(28)24-16-10-14(22)9-15(23)11-16/h3-5,8-11H,6-7H2,1-2H3,(H,24,28). The van der Waals surface area contributed by atoms with E-state index >= 15 is 0 Å². The molecule has 0 saturated carbocycles. The summed E-state index contributed by atoms with van der Waals surface area (Å²) in [5.74, 6) is 0.462. The van der Waals surface area contributed by atoms with Crippen LogP contribution in [0, 0.1) is 13.8 Å². The minimum absolute atomic E-state index is 0.110. The molecule has 1 N–H and O–H groups in total. The van der Waals surface area contributed by atoms with Crippen LogP contribution in [0.4, 0.5) is 5.69 Å². The van der Waals surface area contributed by atoms with E-state index in [0.717, 1.165) is 21.9 Å². The van der Waals surface area contributed by atoms with Crippen LogP contribution in [-0.2, 0) is 4.79 Å². The van der Waals surface area contributed by atoms with Crippen molar-refractivity contribution >= 4 is 63.1 Å². The third-order valence-electron chi connectivity index (χ3n) is 4.60. The smallest absolute Gasteiger partial charge is 0.225 e. The van der Waals surface area contributed by atoms with Gasteiger partial charge in [0.1, 0.15) is 0 Å². The summed E-state index contributed by atoms with van der Waals surface area (Å²) in [5.41, 5.74) is 4.83. The van der Waals surface area contributed by atoms with Crippen molar-refractivity contribution in [2.75, 3.05) is 11.1 Å². The number of carbonyl (C=O) groups excluding carboxylic acids is 1. The third kappa shape index (κ3) is 4.20. The first-order valence-corrected chi connectivity index (χ1v) is 10.8. The highest BCUT2D eigenvalue weighted by atomic mass is 35.5. The SMILES string of the molecule is Cc1cc2nnc(SCCC(=O)Nc3cc(Cl)cc(Cl)c3)n2c2c(C)cccc12. The molecule has 0 aliphatic rings. The summed E-state index contributed by atoms with van der Waals surface area (Å²) in [4.78, 5) is 12.3. The second kappa shape index (κ2) is 8.22. The molecule has 0 saturated heterocycles. The van der Waals surface area contributed by atoms with Gasteiger partial charge in [0.15, 0.2) is 10.8 Å². The van der Waals surface area contributed by atoms with E-state index in [4.69, 9.17) is 23.2 Å². The molecule has 8 heteroatoms. The highest BCUT2D eigenvalue weighted by Crippen LogP contribution is 2.28. The Labute approximate surface area is 182 Å². The Morgan fingerprint density at radius 1 is 1.07 bits per heavy atom. The molecule has 148 valence electrons. The van der Waals surface area contributed by atoms with E-state index in [1.54, 1.807) is 18.2 Å². The molecule has 0 spiro atoms. The molecule has 0 radical (unpaired) electrons. The number of thioether (sulfide) groups is 1. The van der Waals surface area contributed by atoms with Crippen LogP contribution in [0.1, 0.15) is 17.5 Å². The number of benzene rings is 2. The van der Waals surface area contributed by atoms with Crippen LogP contribution in [0.3, 0.4) is 0 Å². The zero-order valence-electron chi connectivity index (χ0n) is 15.9. The van der Waals surface area contributed by atoms with E-state index in [1.165, 1.54) is 22.7 Å². The monoisotopic (exact) mass is 444 g/mol. The van der Waals surface area contributed by atoms with Crippen LogP contribution in [0.5, 0.6) is 0 Å². The van der Waals surface area contributed by atoms with Crippen LogP contribution >= 0.6 is 35.0 Å². The van der Waals surface area contributed by atoms with Crippen LogP contribution in [0.15, 0.2) is 47.6 Å². The molecule has 0 aliphatic heterocycles. The number of hydrogen-bond donors (Lipinski definition) is 1. The lowest BCUT2D eigenvalue weighted by molar-refractivity contribution is -0.115. The van der Waals surface area contributed by atoms with Gasteiger partial charge in [0, 0.05) is 33.3 Å². The van der Waals surface area contributed by atoms with Gasteiger partial charge in [-0.2, -0.15) is 0 Å². The van der Waals surface area contributed by atoms with Crippen LogP contribution in [0.25, 0.3) is 16.6 Å². The Morgan fingerprint density at radius 3 is 2.59 bits per heavy atom. The number of rotatable bonds is 5. The summed E-state index contributed by atoms with van der Waals surface area (Å²) in [6.45, 7) is 4.16. The molecule has 5 nitrogen and oxygen atoms in total. The zero-order valence-corrected chi connectivity index (χ0v) is 18.2. The summed E-state index contributed by atoms with van der Waals surface area (Å²) < 4.78 is 2.07. The van der Waals surface area contributed by atoms with Crippen molar-refractivity contribution in [3.8, 4) is 0 Å². The quantitative estimate of drug-likeness (QED) is 0.387. The predicted octanol–water partition coefficient (Wildman–Crippen LogP) is 5.93. The molecule has 0 fully saturated rings. The minimum Gasteiger partial charge on any atom is -0.326 e. The summed E-state index contributed by atoms with van der Waals surface area (Å²) in [5, 5.41) is 14.4. The second-order valence-electron chi connectivity index (χ2n) is 6.78. The molecule has 0 unspecified atom stereocenters. The molecule has 4 aromatic rings. The highest BCUT2D eigenvalue weighted by molar-refractivity contribution is 7.99. The summed E-state index contributed by atoms with van der Waals surface area (Å²) in [7, 11) is 0. The van der Waals surface area contributed by atoms with Gasteiger partial charge in [-0.1, -0.05) is 53.2 Å². The fourth-order valence-corrected chi connectivity index (χ4v) is 4.72. The van der Waals surface area contributed by atoms with Crippen molar-refractivity contribution in [1.82, 2.24) is 14.6 Å². The van der Waals surface area contributed by atoms with Crippen molar-refractivity contribution < 1.29 is 4.79 Å². The molecule has 2 aromatic carbocycles. The van der Waals surface area contributed by atoms with Gasteiger partial charge in [-0.15, -0.1) is 10.2 Å². The van der Waals surface area contributed by atoms with Gasteiger partial charge < -0.3 is 5.32 Å². The van der Waals surface area contributed by atoms with Crippen molar-refractivity contribution in [2.45, 2.75) is 25.4 Å². The maximum Gasteiger partial charge on any atom is 0.225 e. The Hall–Kier alpha value is -2.28. The van der Waals surface area contributed by atoms with Crippen LogP contribution in [0.2, 0.25) is 10.0 Å². The van der Waals surface area contributed by atoms with Crippen molar-refractivity contribution in [2.24, 2.45) is 0 Å². The number of para-hydroxylation sites is 1. The molecule has 1 amide bonds. The third-order valence-corrected chi connectivity index (χ3v) is 5.96. The molecular formula is C21H18Cl2N4OS. The number of pyridine rings is 1. The lowest BCUT2D eigenvalue weighted by Gasteiger charge is -2.10. The first-order chi connectivity index (χ1) is 13.9. The van der Waals surface area contributed by atoms with Crippen LogP contribution < -0.4 is 5.32 Å². The average Bonchev–Trinajstić information content (AvgIpc) is 3.03. The van der Waals surface area contributed by atoms with Crippen LogP contribution in [-0.4, -0.2) is 26.3 Å². The Kier molecular flexibility index (Phi) is 5.67. The lowest BCUT2D eigenvalue weighted by atomic mass is 10.1. The van der Waals surface area contributed by atoms with Gasteiger partial charge in [-0.05, 0) is 49.2 Å². The van der Waals surface area contributed by atoms with Gasteiger partial charge in [0.05, 0.1) is 5.52 Å². The fourth-order valence-electron chi connectivity index (χ4n) is 3.31. The number of nitrogens with one attached hydrogen (secondary N) is 1. The summed E-state index contributed by atoms with van der Waals surface area (Å²) >= 11 is 13.5. The van der Waals surface area contributed by atoms with E-state index in [2.05, 4.69) is 52.0 Å². The van der Waals surface area contributed by atoms with Crippen molar-refractivity contribution in [3.05, 3.63) is 63.6 Å². The fraction of sp³-hybridized carbons (Fsp3) is 0.190. The average molecular weight is 445 g/mol. The van der Waals surface area contributed by atoms with E-state index < -0.39 is 0 Å². The number of hydrogen-bond acceptors (Lipinski definition) is 4. The molecule has 29 heavy (non-hydrogen) atoms. The zero-order chi connectivity index (χ0) is 20.5. The number of carbonyl (C=O) groups is 1. The second-order valence-corrected chi connectivity index (χ2v) is 8.71. The number of halogens is 2. The molecule has 2 aromatic heterocycles. The highest BCUT2D eigenvalue weighted by Gasteiger charge is 2.14. The summed E-state index contributed by atoms with van der Waals surface area (Å²) in [6, 6.07) is 13.2. The van der Waals surface area contributed by atoms with E-state index in [0.29, 0.717) is 27.9 Å². The Balaban J connectivity index is 1.51. The number of fused-ring (bicyclic) bond motifs is 3. The molecular weight excluding hydrogens is 427 g/mol. The van der Waals surface area contributed by atoms with Crippen molar-refractivity contribution in [1.29, 1.82) is 0 Å². The topological polar surface area (TPSA) is 59.3 Å². The Bertz CT molecular complexity index is 1220. The van der Waals surface area contributed by atoms with E-state index in [1.807, 2.05) is 6.07 Å². The van der Waals surface area contributed by atoms with Gasteiger partial charge >= 0.3 is 0 Å². The molecule has 0 atom stereocenters. The molecule has 2 heterocycles. The van der Waals surface area contributed by atoms with Gasteiger partial charge in [0.25, 0.3) is 0 Å². The maximum absolute atomic E-state index is 12.3. The largest absolute Gasteiger partial charge is 0.326 e. The molecule has 4 rings (SSSR count). The number of aromatic nitrogens is 3. The number of nitrogens with zero attached hydrogens (tertiary/aromatic N) is 3. The number of anilines is 1. The lowest BCUT2D eigenvalue weighted by Crippen LogP contribution is -2.12. The number of aryl methyl sites for hydroxylation is 2. The Morgan fingerprint density at radius 2 is 1.83 bits per heavy atom. The summed E-state index contributed by atoms with van der Waals surface area (Å²) in [6.07, 6.45) is 0.326. The first kappa shape index (κ1) is 20.0. The molecule has 0 aliphatic carbocycles. The van der Waals surface area contributed by atoms with Gasteiger partial charge in [-0.3, -0.25) is 9.20 Å². The van der Waals surface area contributed by atoms with Gasteiger partial charge in [-0.25, -0.2) is 0 Å². The minimum atomic E-state index is -0.110. The van der Waals surface area contributed by atoms with E-state index in [-0.39, 0.29) is 5.91 Å². The maximum atomic E-state index is 12.3. The molecule has 0 bridgehead atoms. The number of amides is 1.